The van der Waals surface area contributed by atoms with Crippen LogP contribution in [0.25, 0.3) is 0 Å². The predicted molar refractivity (Wildman–Crippen MR) is 114 cm³/mol. The second kappa shape index (κ2) is 9.49. The van der Waals surface area contributed by atoms with Crippen LogP contribution < -0.4 is 9.47 Å². The minimum Gasteiger partial charge on any atom is -0.497 e. The van der Waals surface area contributed by atoms with Gasteiger partial charge in [0.15, 0.2) is 0 Å². The van der Waals surface area contributed by atoms with Crippen LogP contribution in [0.15, 0.2) is 53.4 Å². The second-order valence-corrected chi connectivity index (χ2v) is 9.33. The molecule has 2 aromatic rings. The number of carbonyl (C=O) groups excluding carboxylic acids is 1. The second-order valence-electron chi connectivity index (χ2n) is 7.40. The highest BCUT2D eigenvalue weighted by Gasteiger charge is 2.33. The van der Waals surface area contributed by atoms with Crippen LogP contribution in [0.1, 0.15) is 18.4 Å². The molecule has 7 nitrogen and oxygen atoms in total. The van der Waals surface area contributed by atoms with Crippen LogP contribution in [0.2, 0.25) is 0 Å². The van der Waals surface area contributed by atoms with Crippen molar-refractivity contribution in [2.24, 2.45) is 5.92 Å². The van der Waals surface area contributed by atoms with E-state index in [0.29, 0.717) is 38.2 Å². The molecule has 3 rings (SSSR count). The number of amides is 1. The van der Waals surface area contributed by atoms with Gasteiger partial charge in [-0.3, -0.25) is 4.79 Å². The number of hydrogen-bond donors (Lipinski definition) is 0. The van der Waals surface area contributed by atoms with Crippen LogP contribution in [0.3, 0.4) is 0 Å². The van der Waals surface area contributed by atoms with E-state index in [1.54, 1.807) is 43.3 Å². The van der Waals surface area contributed by atoms with E-state index in [-0.39, 0.29) is 16.7 Å². The Labute approximate surface area is 178 Å². The topological polar surface area (TPSA) is 76.2 Å². The number of carbonyl (C=O) groups is 1. The summed E-state index contributed by atoms with van der Waals surface area (Å²) in [6.45, 7) is 1.18. The summed E-state index contributed by atoms with van der Waals surface area (Å²) in [7, 11) is 1.37. The maximum absolute atomic E-state index is 12.9. The highest BCUT2D eigenvalue weighted by atomic mass is 32.2. The van der Waals surface area contributed by atoms with Crippen LogP contribution in [0.5, 0.6) is 11.5 Å². The van der Waals surface area contributed by atoms with Crippen molar-refractivity contribution in [3.05, 3.63) is 54.1 Å². The third-order valence-electron chi connectivity index (χ3n) is 5.46. The summed E-state index contributed by atoms with van der Waals surface area (Å²) in [6.07, 6.45) is 1.03. The van der Waals surface area contributed by atoms with Gasteiger partial charge < -0.3 is 14.4 Å². The predicted octanol–water partition coefficient (Wildman–Crippen LogP) is 2.76. The lowest BCUT2D eigenvalue weighted by molar-refractivity contribution is -0.135. The van der Waals surface area contributed by atoms with Gasteiger partial charge in [-0.25, -0.2) is 8.42 Å². The van der Waals surface area contributed by atoms with Gasteiger partial charge in [0.1, 0.15) is 11.5 Å². The highest BCUT2D eigenvalue weighted by Crippen LogP contribution is 2.26. The van der Waals surface area contributed by atoms with E-state index in [1.807, 2.05) is 24.3 Å². The first kappa shape index (κ1) is 22.1. The van der Waals surface area contributed by atoms with Crippen molar-refractivity contribution in [1.82, 2.24) is 9.21 Å². The zero-order valence-electron chi connectivity index (χ0n) is 17.6. The fraction of sp³-hybridized carbons (Fsp3) is 0.409. The Morgan fingerprint density at radius 1 is 0.967 bits per heavy atom. The smallest absolute Gasteiger partial charge is 0.243 e. The van der Waals surface area contributed by atoms with Crippen molar-refractivity contribution in [3.63, 3.8) is 0 Å². The Hall–Kier alpha value is -2.58. The third-order valence-corrected chi connectivity index (χ3v) is 7.37. The first-order chi connectivity index (χ1) is 14.3. The Balaban J connectivity index is 1.57. The molecule has 1 aliphatic rings. The van der Waals surface area contributed by atoms with E-state index in [1.165, 1.54) is 11.4 Å². The van der Waals surface area contributed by atoms with Crippen LogP contribution in [0.4, 0.5) is 0 Å². The van der Waals surface area contributed by atoms with E-state index >= 15 is 0 Å². The lowest BCUT2D eigenvalue weighted by Gasteiger charge is -2.32. The molecular formula is C22H28N2O5S. The molecule has 0 atom stereocenters. The van der Waals surface area contributed by atoms with Crippen LogP contribution in [-0.2, 0) is 21.4 Å². The van der Waals surface area contributed by atoms with Gasteiger partial charge in [-0.05, 0) is 54.8 Å². The molecule has 0 aromatic heterocycles. The Bertz CT molecular complexity index is 950. The molecule has 0 bridgehead atoms. The minimum atomic E-state index is -3.57. The number of piperidine rings is 1. The van der Waals surface area contributed by atoms with E-state index in [4.69, 9.17) is 9.47 Å². The molecule has 0 radical (unpaired) electrons. The fourth-order valence-corrected chi connectivity index (χ4v) is 5.10. The van der Waals surface area contributed by atoms with Gasteiger partial charge in [0.25, 0.3) is 0 Å². The molecule has 0 saturated carbocycles. The van der Waals surface area contributed by atoms with Gasteiger partial charge in [0.2, 0.25) is 15.9 Å². The minimum absolute atomic E-state index is 0.0484. The molecule has 30 heavy (non-hydrogen) atoms. The van der Waals surface area contributed by atoms with Gasteiger partial charge in [-0.1, -0.05) is 12.1 Å². The molecule has 8 heteroatoms. The maximum Gasteiger partial charge on any atom is 0.243 e. The molecule has 162 valence electrons. The first-order valence-corrected chi connectivity index (χ1v) is 11.3. The molecule has 0 N–H and O–H groups in total. The number of benzene rings is 2. The molecule has 1 amide bonds. The highest BCUT2D eigenvalue weighted by molar-refractivity contribution is 7.89. The molecule has 1 saturated heterocycles. The van der Waals surface area contributed by atoms with E-state index < -0.39 is 10.0 Å². The monoisotopic (exact) mass is 432 g/mol. The quantitative estimate of drug-likeness (QED) is 0.673. The fourth-order valence-electron chi connectivity index (χ4n) is 3.63. The zero-order valence-corrected chi connectivity index (χ0v) is 18.4. The van der Waals surface area contributed by atoms with Gasteiger partial charge in [-0.15, -0.1) is 0 Å². The zero-order chi connectivity index (χ0) is 21.7. The van der Waals surface area contributed by atoms with Crippen molar-refractivity contribution in [3.8, 4) is 11.5 Å². The molecule has 1 aliphatic heterocycles. The number of ether oxygens (including phenoxy) is 2. The largest absolute Gasteiger partial charge is 0.497 e. The summed E-state index contributed by atoms with van der Waals surface area (Å²) in [5.74, 6) is 1.26. The molecule has 0 unspecified atom stereocenters. The number of nitrogens with zero attached hydrogens (tertiary/aromatic N) is 2. The third kappa shape index (κ3) is 4.94. The van der Waals surface area contributed by atoms with E-state index in [2.05, 4.69) is 0 Å². The summed E-state index contributed by atoms with van der Waals surface area (Å²) in [5, 5.41) is 0. The Kier molecular flexibility index (Phi) is 6.99. The SMILES string of the molecule is COc1ccc(CN(C)C(=O)C2CCN(S(=O)(=O)c3ccc(OC)cc3)CC2)cc1. The molecule has 2 aromatic carbocycles. The van der Waals surface area contributed by atoms with Crippen molar-refractivity contribution in [2.45, 2.75) is 24.3 Å². The van der Waals surface area contributed by atoms with Gasteiger partial charge >= 0.3 is 0 Å². The first-order valence-electron chi connectivity index (χ1n) is 9.87. The molecule has 1 fully saturated rings. The maximum atomic E-state index is 12.9. The molecule has 0 spiro atoms. The Morgan fingerprint density at radius 3 is 1.97 bits per heavy atom. The number of hydrogen-bond acceptors (Lipinski definition) is 5. The standard InChI is InChI=1S/C22H28N2O5S/c1-23(16-17-4-6-19(28-2)7-5-17)22(25)18-12-14-24(15-13-18)30(26,27)21-10-8-20(29-3)9-11-21/h4-11,18H,12-16H2,1-3H3. The van der Waals surface area contributed by atoms with Crippen LogP contribution in [-0.4, -0.2) is 57.9 Å². The summed E-state index contributed by atoms with van der Waals surface area (Å²) in [5.41, 5.74) is 1.02. The molecule has 0 aliphatic carbocycles. The van der Waals surface area contributed by atoms with Crippen molar-refractivity contribution in [1.29, 1.82) is 0 Å². The molecular weight excluding hydrogens is 404 g/mol. The lowest BCUT2D eigenvalue weighted by Crippen LogP contribution is -2.43. The van der Waals surface area contributed by atoms with Gasteiger partial charge in [-0.2, -0.15) is 4.31 Å². The normalized spacial score (nSPS) is 15.6. The average molecular weight is 433 g/mol. The van der Waals surface area contributed by atoms with Gasteiger partial charge in [0, 0.05) is 32.6 Å². The summed E-state index contributed by atoms with van der Waals surface area (Å²) < 4.78 is 37.4. The van der Waals surface area contributed by atoms with E-state index in [9.17, 15) is 13.2 Å². The number of sulfonamides is 1. The van der Waals surface area contributed by atoms with Crippen LogP contribution >= 0.6 is 0 Å². The van der Waals surface area contributed by atoms with Crippen LogP contribution in [0, 0.1) is 5.92 Å². The van der Waals surface area contributed by atoms with E-state index in [0.717, 1.165) is 11.3 Å². The number of methoxy groups -OCH3 is 2. The van der Waals surface area contributed by atoms with Crippen molar-refractivity contribution < 1.29 is 22.7 Å². The summed E-state index contributed by atoms with van der Waals surface area (Å²) in [6, 6.07) is 14.0. The summed E-state index contributed by atoms with van der Waals surface area (Å²) in [4.78, 5) is 14.8. The lowest BCUT2D eigenvalue weighted by atomic mass is 9.96. The van der Waals surface area contributed by atoms with Crippen molar-refractivity contribution in [2.75, 3.05) is 34.4 Å². The summed E-state index contributed by atoms with van der Waals surface area (Å²) >= 11 is 0. The van der Waals surface area contributed by atoms with Crippen molar-refractivity contribution >= 4 is 15.9 Å². The molecule has 1 heterocycles. The Morgan fingerprint density at radius 2 is 1.47 bits per heavy atom. The number of rotatable bonds is 7. The van der Waals surface area contributed by atoms with Gasteiger partial charge in [0.05, 0.1) is 19.1 Å². The average Bonchev–Trinajstić information content (AvgIpc) is 2.79.